The number of fused-ring (bicyclic) bond motifs is 1. The van der Waals surface area contributed by atoms with Gasteiger partial charge in [0, 0.05) is 5.56 Å². The molecule has 19 heavy (non-hydrogen) atoms. The van der Waals surface area contributed by atoms with Crippen molar-refractivity contribution in [2.24, 2.45) is 5.73 Å². The van der Waals surface area contributed by atoms with Crippen LogP contribution < -0.4 is 5.73 Å². The van der Waals surface area contributed by atoms with Crippen LogP contribution in [0.15, 0.2) is 36.4 Å². The van der Waals surface area contributed by atoms with Gasteiger partial charge in [0.2, 0.25) is 5.91 Å². The van der Waals surface area contributed by atoms with Crippen molar-refractivity contribution in [2.75, 3.05) is 0 Å². The summed E-state index contributed by atoms with van der Waals surface area (Å²) in [6.07, 6.45) is -0.224. The molecule has 0 fully saturated rings. The summed E-state index contributed by atoms with van der Waals surface area (Å²) in [5.41, 5.74) is 5.77. The fraction of sp³-hybridized carbons (Fsp3) is 0.133. The predicted molar refractivity (Wildman–Crippen MR) is 72.1 cm³/mol. The number of carbonyl (C=O) groups is 3. The van der Waals surface area contributed by atoms with Gasteiger partial charge >= 0.3 is 0 Å². The summed E-state index contributed by atoms with van der Waals surface area (Å²) >= 11 is 0. The molecule has 0 spiro atoms. The molecule has 0 bridgehead atoms. The Kier molecular flexibility index (Phi) is 3.42. The van der Waals surface area contributed by atoms with Gasteiger partial charge in [-0.1, -0.05) is 30.3 Å². The van der Waals surface area contributed by atoms with Crippen LogP contribution in [0.4, 0.5) is 0 Å². The third kappa shape index (κ3) is 2.52. The first-order valence-corrected chi connectivity index (χ1v) is 5.85. The molecule has 0 aliphatic carbocycles. The lowest BCUT2D eigenvalue weighted by Crippen LogP contribution is -2.18. The molecule has 4 nitrogen and oxygen atoms in total. The van der Waals surface area contributed by atoms with Gasteiger partial charge in [-0.05, 0) is 23.8 Å². The second kappa shape index (κ2) is 5.02. The molecule has 0 atom stereocenters. The van der Waals surface area contributed by atoms with Gasteiger partial charge in [-0.15, -0.1) is 0 Å². The van der Waals surface area contributed by atoms with Crippen LogP contribution in [0.5, 0.6) is 0 Å². The molecule has 2 N–H and O–H groups in total. The van der Waals surface area contributed by atoms with E-state index in [4.69, 9.17) is 5.73 Å². The summed E-state index contributed by atoms with van der Waals surface area (Å²) in [6, 6.07) is 10.5. The number of amides is 1. The topological polar surface area (TPSA) is 77.2 Å². The predicted octanol–water partition coefficient (Wildman–Crippen LogP) is 2.10. The van der Waals surface area contributed by atoms with E-state index in [9.17, 15) is 14.4 Å². The van der Waals surface area contributed by atoms with Crippen molar-refractivity contribution >= 4 is 28.2 Å². The maximum Gasteiger partial charge on any atom is 0.250 e. The van der Waals surface area contributed by atoms with Crippen molar-refractivity contribution in [1.82, 2.24) is 0 Å². The number of Topliss-reactive ketones (excluding diaryl/α,β-unsaturated/α-hetero) is 2. The molecule has 2 aromatic rings. The fourth-order valence-corrected chi connectivity index (χ4v) is 2.09. The third-order valence-electron chi connectivity index (χ3n) is 2.89. The van der Waals surface area contributed by atoms with Crippen LogP contribution in [0.1, 0.15) is 34.1 Å². The van der Waals surface area contributed by atoms with Crippen LogP contribution >= 0.6 is 0 Å². The molecule has 0 saturated carbocycles. The number of hydrogen-bond donors (Lipinski definition) is 1. The zero-order valence-electron chi connectivity index (χ0n) is 10.5. The quantitative estimate of drug-likeness (QED) is 0.671. The van der Waals surface area contributed by atoms with Gasteiger partial charge in [0.25, 0.3) is 0 Å². The summed E-state index contributed by atoms with van der Waals surface area (Å²) in [6.45, 7) is 1.34. The zero-order chi connectivity index (χ0) is 14.0. The molecule has 4 heteroatoms. The van der Waals surface area contributed by atoms with Crippen LogP contribution in [-0.2, 0) is 4.79 Å². The minimum atomic E-state index is -0.663. The Morgan fingerprint density at radius 3 is 2.37 bits per heavy atom. The van der Waals surface area contributed by atoms with Crippen LogP contribution in [0, 0.1) is 0 Å². The number of primary amides is 1. The number of carbonyl (C=O) groups excluding carboxylic acids is 3. The van der Waals surface area contributed by atoms with Crippen molar-refractivity contribution in [3.05, 3.63) is 47.5 Å². The molecule has 0 saturated heterocycles. The van der Waals surface area contributed by atoms with Gasteiger partial charge < -0.3 is 5.73 Å². The maximum atomic E-state index is 12.0. The monoisotopic (exact) mass is 255 g/mol. The van der Waals surface area contributed by atoms with E-state index < -0.39 is 5.91 Å². The number of benzene rings is 2. The normalized spacial score (nSPS) is 10.4. The highest BCUT2D eigenvalue weighted by molar-refractivity contribution is 6.18. The largest absolute Gasteiger partial charge is 0.366 e. The zero-order valence-corrected chi connectivity index (χ0v) is 10.5. The maximum absolute atomic E-state index is 12.0. The van der Waals surface area contributed by atoms with Gasteiger partial charge in [0.1, 0.15) is 5.78 Å². The minimum absolute atomic E-state index is 0.185. The molecule has 0 heterocycles. The second-order valence-electron chi connectivity index (χ2n) is 4.38. The van der Waals surface area contributed by atoms with Crippen molar-refractivity contribution < 1.29 is 14.4 Å². The summed E-state index contributed by atoms with van der Waals surface area (Å²) in [5.74, 6) is -1.29. The molecule has 0 aliphatic heterocycles. The van der Waals surface area contributed by atoms with E-state index in [0.29, 0.717) is 5.39 Å². The molecular weight excluding hydrogens is 242 g/mol. The SMILES string of the molecule is CC(=O)CC(=O)c1ccc2ccccc2c1C(N)=O. The lowest BCUT2D eigenvalue weighted by Gasteiger charge is -2.09. The van der Waals surface area contributed by atoms with Crippen molar-refractivity contribution in [1.29, 1.82) is 0 Å². The summed E-state index contributed by atoms with van der Waals surface area (Å²) < 4.78 is 0. The van der Waals surface area contributed by atoms with Crippen molar-refractivity contribution in [3.8, 4) is 0 Å². The van der Waals surface area contributed by atoms with E-state index in [0.717, 1.165) is 5.39 Å². The standard InChI is InChI=1S/C15H13NO3/c1-9(17)8-13(18)12-7-6-10-4-2-3-5-11(10)14(12)15(16)19/h2-7H,8H2,1H3,(H2,16,19). The molecule has 96 valence electrons. The van der Waals surface area contributed by atoms with Gasteiger partial charge in [-0.25, -0.2) is 0 Å². The van der Waals surface area contributed by atoms with E-state index in [1.807, 2.05) is 12.1 Å². The highest BCUT2D eigenvalue weighted by Gasteiger charge is 2.18. The molecular formula is C15H13NO3. The van der Waals surface area contributed by atoms with E-state index in [2.05, 4.69) is 0 Å². The van der Waals surface area contributed by atoms with Crippen molar-refractivity contribution in [2.45, 2.75) is 13.3 Å². The van der Waals surface area contributed by atoms with Crippen LogP contribution in [0.2, 0.25) is 0 Å². The minimum Gasteiger partial charge on any atom is -0.366 e. The van der Waals surface area contributed by atoms with Crippen LogP contribution in [0.3, 0.4) is 0 Å². The molecule has 0 unspecified atom stereocenters. The average molecular weight is 255 g/mol. The number of ketones is 2. The smallest absolute Gasteiger partial charge is 0.250 e. The van der Waals surface area contributed by atoms with Crippen molar-refractivity contribution in [3.63, 3.8) is 0 Å². The first kappa shape index (κ1) is 13.0. The van der Waals surface area contributed by atoms with Gasteiger partial charge in [-0.3, -0.25) is 14.4 Å². The summed E-state index contributed by atoms with van der Waals surface area (Å²) in [5, 5.41) is 1.46. The van der Waals surface area contributed by atoms with E-state index in [1.165, 1.54) is 6.92 Å². The molecule has 2 aromatic carbocycles. The first-order chi connectivity index (χ1) is 9.00. The molecule has 2 rings (SSSR count). The summed E-state index contributed by atoms with van der Waals surface area (Å²) in [7, 11) is 0. The van der Waals surface area contributed by atoms with Crippen LogP contribution in [-0.4, -0.2) is 17.5 Å². The molecule has 0 aliphatic rings. The Bertz CT molecular complexity index is 689. The summed E-state index contributed by atoms with van der Waals surface area (Å²) in [4.78, 5) is 34.6. The highest BCUT2D eigenvalue weighted by Crippen LogP contribution is 2.23. The van der Waals surface area contributed by atoms with Gasteiger partial charge in [0.15, 0.2) is 5.78 Å². The van der Waals surface area contributed by atoms with E-state index in [1.54, 1.807) is 24.3 Å². The lowest BCUT2D eigenvalue weighted by atomic mass is 9.94. The Balaban J connectivity index is 2.67. The highest BCUT2D eigenvalue weighted by atomic mass is 16.2. The Labute approximate surface area is 110 Å². The Morgan fingerprint density at radius 1 is 1.05 bits per heavy atom. The average Bonchev–Trinajstić information content (AvgIpc) is 2.36. The second-order valence-corrected chi connectivity index (χ2v) is 4.38. The molecule has 0 aromatic heterocycles. The Morgan fingerprint density at radius 2 is 1.74 bits per heavy atom. The Hall–Kier alpha value is -2.49. The lowest BCUT2D eigenvalue weighted by molar-refractivity contribution is -0.116. The third-order valence-corrected chi connectivity index (χ3v) is 2.89. The van der Waals surface area contributed by atoms with Gasteiger partial charge in [0.05, 0.1) is 12.0 Å². The molecule has 1 amide bonds. The number of rotatable bonds is 4. The van der Waals surface area contributed by atoms with E-state index in [-0.39, 0.29) is 29.1 Å². The number of nitrogens with two attached hydrogens (primary N) is 1. The molecule has 0 radical (unpaired) electrons. The van der Waals surface area contributed by atoms with Gasteiger partial charge in [-0.2, -0.15) is 0 Å². The van der Waals surface area contributed by atoms with Crippen LogP contribution in [0.25, 0.3) is 10.8 Å². The van der Waals surface area contributed by atoms with E-state index >= 15 is 0 Å². The number of hydrogen-bond acceptors (Lipinski definition) is 3. The first-order valence-electron chi connectivity index (χ1n) is 5.85. The fourth-order valence-electron chi connectivity index (χ4n) is 2.09.